The van der Waals surface area contributed by atoms with Gasteiger partial charge in [0, 0.05) is 24.9 Å². The quantitative estimate of drug-likeness (QED) is 0.236. The molecular weight excluding hydrogens is 519 g/mol. The van der Waals surface area contributed by atoms with E-state index in [1.165, 1.54) is 23.4 Å². The third-order valence-corrected chi connectivity index (χ3v) is 5.62. The van der Waals surface area contributed by atoms with Crippen LogP contribution in [0.25, 0.3) is 5.69 Å². The summed E-state index contributed by atoms with van der Waals surface area (Å²) in [5.74, 6) is -2.15. The summed E-state index contributed by atoms with van der Waals surface area (Å²) in [6.45, 7) is 7.48. The van der Waals surface area contributed by atoms with Crippen molar-refractivity contribution in [3.8, 4) is 5.69 Å². The molecule has 0 saturated heterocycles. The van der Waals surface area contributed by atoms with Gasteiger partial charge in [0.05, 0.1) is 42.1 Å². The molecule has 0 fully saturated rings. The zero-order valence-corrected chi connectivity index (χ0v) is 22.6. The summed E-state index contributed by atoms with van der Waals surface area (Å²) in [4.78, 5) is 34.6. The first-order chi connectivity index (χ1) is 19.0. The summed E-state index contributed by atoms with van der Waals surface area (Å²) >= 11 is 0. The van der Waals surface area contributed by atoms with Crippen LogP contribution in [0.5, 0.6) is 0 Å². The Balaban J connectivity index is 1.61. The van der Waals surface area contributed by atoms with Crippen molar-refractivity contribution in [3.05, 3.63) is 66.3 Å². The number of ether oxygens (including phenoxy) is 1. The van der Waals surface area contributed by atoms with Gasteiger partial charge in [-0.3, -0.25) is 19.3 Å². The fraction of sp³-hybridized carbons (Fsp3) is 0.346. The van der Waals surface area contributed by atoms with E-state index < -0.39 is 23.4 Å². The highest BCUT2D eigenvalue weighted by Gasteiger charge is 2.22. The molecule has 0 aliphatic heterocycles. The van der Waals surface area contributed by atoms with E-state index in [-0.39, 0.29) is 29.6 Å². The van der Waals surface area contributed by atoms with Gasteiger partial charge in [-0.25, -0.2) is 9.37 Å². The number of halogens is 1. The Morgan fingerprint density at radius 3 is 2.52 bits per heavy atom. The van der Waals surface area contributed by atoms with E-state index in [9.17, 15) is 9.59 Å². The molecule has 0 saturated carbocycles. The smallest absolute Gasteiger partial charge is 0.306 e. The van der Waals surface area contributed by atoms with E-state index in [1.807, 2.05) is 0 Å². The number of nitrogens with two attached hydrogens (primary N) is 1. The molecule has 0 aromatic carbocycles. The second kappa shape index (κ2) is 11.9. The maximum atomic E-state index is 15.2. The lowest BCUT2D eigenvalue weighted by Crippen LogP contribution is -2.30. The summed E-state index contributed by atoms with van der Waals surface area (Å²) in [7, 11) is 0. The Labute approximate surface area is 230 Å². The second-order valence-electron chi connectivity index (χ2n) is 10.0. The van der Waals surface area contributed by atoms with Crippen molar-refractivity contribution in [2.75, 3.05) is 10.6 Å². The molecule has 210 valence electrons. The maximum Gasteiger partial charge on any atom is 0.306 e. The van der Waals surface area contributed by atoms with Gasteiger partial charge in [-0.15, -0.1) is 4.80 Å². The fourth-order valence-electron chi connectivity index (χ4n) is 3.86. The number of carbonyl (C=O) groups excluding carboxylic acids is 2. The van der Waals surface area contributed by atoms with Crippen molar-refractivity contribution < 1.29 is 18.7 Å². The number of hydrogen-bond acceptors (Lipinski definition) is 10. The van der Waals surface area contributed by atoms with Gasteiger partial charge in [0.25, 0.3) is 5.91 Å². The highest BCUT2D eigenvalue weighted by molar-refractivity contribution is 5.98. The van der Waals surface area contributed by atoms with Gasteiger partial charge in [-0.05, 0) is 52.3 Å². The van der Waals surface area contributed by atoms with Crippen molar-refractivity contribution in [2.45, 2.75) is 58.7 Å². The van der Waals surface area contributed by atoms with Crippen molar-refractivity contribution in [1.82, 2.24) is 34.7 Å². The summed E-state index contributed by atoms with van der Waals surface area (Å²) in [6, 6.07) is 4.03. The molecule has 0 bridgehead atoms. The Kier molecular flexibility index (Phi) is 8.36. The predicted octanol–water partition coefficient (Wildman–Crippen LogP) is 3.15. The number of esters is 1. The lowest BCUT2D eigenvalue weighted by atomic mass is 10.1. The first-order valence-corrected chi connectivity index (χ1v) is 12.5. The average Bonchev–Trinajstić information content (AvgIpc) is 3.59. The number of primary amides is 1. The lowest BCUT2D eigenvalue weighted by molar-refractivity contribution is -0.155. The second-order valence-corrected chi connectivity index (χ2v) is 10.0. The molecular formula is C26H31FN10O3. The zero-order valence-electron chi connectivity index (χ0n) is 22.6. The number of hydrogen-bond donors (Lipinski definition) is 3. The van der Waals surface area contributed by atoms with Crippen LogP contribution in [0.1, 0.15) is 49.7 Å². The molecule has 0 spiro atoms. The van der Waals surface area contributed by atoms with Crippen LogP contribution < -0.4 is 16.4 Å². The monoisotopic (exact) mass is 550 g/mol. The van der Waals surface area contributed by atoms with Crippen LogP contribution in [0.3, 0.4) is 0 Å². The van der Waals surface area contributed by atoms with Crippen LogP contribution >= 0.6 is 0 Å². The number of nitrogens with zero attached hydrogens (tertiary/aromatic N) is 7. The number of aromatic nitrogens is 7. The third-order valence-electron chi connectivity index (χ3n) is 5.62. The molecule has 4 aromatic rings. The number of nitrogens with one attached hydrogen (secondary N) is 2. The number of anilines is 3. The number of amides is 1. The molecule has 14 heteroatoms. The number of carbonyl (C=O) groups is 2. The highest BCUT2D eigenvalue weighted by atomic mass is 19.1. The predicted molar refractivity (Wildman–Crippen MR) is 145 cm³/mol. The van der Waals surface area contributed by atoms with Crippen LogP contribution in [0, 0.1) is 12.7 Å². The molecule has 1 atom stereocenters. The minimum atomic E-state index is -0.868. The molecule has 4 N–H and O–H groups in total. The standard InChI is InChI=1S/C26H31FN10O3/c1-16-21(37-31-9-10-32-37)12-18(14-29-16)34-24-19(23(28)39)13-20(27)25(35-24)33-17(15-36-11-5-8-30-36)6-7-22(38)40-26(2,3)4/h5,8-14,17H,6-7,15H2,1-4H3,(H2,28,39)(H2,33,34,35)/t17-/m0/s1. The van der Waals surface area contributed by atoms with Crippen LogP contribution in [-0.2, 0) is 16.1 Å². The van der Waals surface area contributed by atoms with E-state index in [0.717, 1.165) is 6.07 Å². The van der Waals surface area contributed by atoms with Crippen molar-refractivity contribution in [3.63, 3.8) is 0 Å². The summed E-state index contributed by atoms with van der Waals surface area (Å²) in [6.07, 6.45) is 8.37. The molecule has 0 radical (unpaired) electrons. The van der Waals surface area contributed by atoms with Gasteiger partial charge in [0.15, 0.2) is 11.6 Å². The van der Waals surface area contributed by atoms with Crippen molar-refractivity contribution in [1.29, 1.82) is 0 Å². The van der Waals surface area contributed by atoms with E-state index in [0.29, 0.717) is 30.0 Å². The first-order valence-electron chi connectivity index (χ1n) is 12.5. The summed E-state index contributed by atoms with van der Waals surface area (Å²) < 4.78 is 22.3. The number of pyridine rings is 2. The van der Waals surface area contributed by atoms with E-state index >= 15 is 4.39 Å². The molecule has 4 heterocycles. The first kappa shape index (κ1) is 28.1. The van der Waals surface area contributed by atoms with Gasteiger partial charge in [-0.2, -0.15) is 15.3 Å². The van der Waals surface area contributed by atoms with Crippen molar-refractivity contribution >= 4 is 29.2 Å². The van der Waals surface area contributed by atoms with Gasteiger partial charge in [-0.1, -0.05) is 0 Å². The minimum Gasteiger partial charge on any atom is -0.460 e. The fourth-order valence-corrected chi connectivity index (χ4v) is 3.86. The van der Waals surface area contributed by atoms with Gasteiger partial charge in [0.1, 0.15) is 17.1 Å². The average molecular weight is 551 g/mol. The summed E-state index contributed by atoms with van der Waals surface area (Å²) in [5.41, 5.74) is 6.46. The van der Waals surface area contributed by atoms with Crippen LogP contribution in [0.4, 0.5) is 21.7 Å². The molecule has 1 amide bonds. The van der Waals surface area contributed by atoms with Crippen LogP contribution in [0.2, 0.25) is 0 Å². The van der Waals surface area contributed by atoms with Gasteiger partial charge >= 0.3 is 5.97 Å². The third kappa shape index (κ3) is 7.36. The Morgan fingerprint density at radius 1 is 1.12 bits per heavy atom. The zero-order chi connectivity index (χ0) is 28.9. The number of aryl methyl sites for hydroxylation is 1. The molecule has 13 nitrogen and oxygen atoms in total. The SMILES string of the molecule is Cc1ncc(Nc2nc(N[C@@H](CCC(=O)OC(C)(C)C)Cn3cccn3)c(F)cc2C(N)=O)cc1-n1nccn1. The van der Waals surface area contributed by atoms with Crippen molar-refractivity contribution in [2.24, 2.45) is 5.73 Å². The Morgan fingerprint density at radius 2 is 1.88 bits per heavy atom. The normalized spacial score (nSPS) is 12.1. The van der Waals surface area contributed by atoms with E-state index in [1.54, 1.807) is 56.9 Å². The molecule has 4 rings (SSSR count). The molecule has 4 aromatic heterocycles. The molecule has 0 unspecified atom stereocenters. The minimum absolute atomic E-state index is 0.0198. The topological polar surface area (TPSA) is 168 Å². The van der Waals surface area contributed by atoms with Crippen LogP contribution in [-0.4, -0.2) is 58.3 Å². The van der Waals surface area contributed by atoms with E-state index in [4.69, 9.17) is 10.5 Å². The number of rotatable bonds is 11. The lowest BCUT2D eigenvalue weighted by Gasteiger charge is -2.23. The molecule has 0 aliphatic rings. The summed E-state index contributed by atoms with van der Waals surface area (Å²) in [5, 5.41) is 18.5. The molecule has 40 heavy (non-hydrogen) atoms. The maximum absolute atomic E-state index is 15.2. The Hall–Kier alpha value is -4.88. The largest absolute Gasteiger partial charge is 0.460 e. The Bertz CT molecular complexity index is 1470. The van der Waals surface area contributed by atoms with Gasteiger partial charge in [0.2, 0.25) is 0 Å². The molecule has 0 aliphatic carbocycles. The van der Waals surface area contributed by atoms with Crippen LogP contribution in [0.15, 0.2) is 49.2 Å². The van der Waals surface area contributed by atoms with Gasteiger partial charge < -0.3 is 21.1 Å². The van der Waals surface area contributed by atoms with E-state index in [2.05, 4.69) is 35.9 Å². The highest BCUT2D eigenvalue weighted by Crippen LogP contribution is 2.26.